The van der Waals surface area contributed by atoms with Crippen LogP contribution in [0.1, 0.15) is 61.3 Å². The zero-order valence-electron chi connectivity index (χ0n) is 17.6. The van der Waals surface area contributed by atoms with Crippen LogP contribution < -0.4 is 15.8 Å². The molecule has 0 unspecified atom stereocenters. The van der Waals surface area contributed by atoms with E-state index in [1.165, 1.54) is 11.3 Å². The van der Waals surface area contributed by atoms with Crippen LogP contribution in [0.4, 0.5) is 5.00 Å². The number of primary amides is 1. The average Bonchev–Trinajstić information content (AvgIpc) is 3.03. The molecule has 0 radical (unpaired) electrons. The molecule has 1 aliphatic rings. The maximum Gasteiger partial charge on any atom is 0.266 e. The number of anilines is 1. The number of nitrogens with one attached hydrogen (secondary N) is 1. The molecule has 1 aliphatic carbocycles. The number of amides is 2. The fourth-order valence-corrected chi connectivity index (χ4v) is 5.19. The number of para-hydroxylation sites is 1. The van der Waals surface area contributed by atoms with Gasteiger partial charge in [-0.3, -0.25) is 9.59 Å². The monoisotopic (exact) mass is 414 g/mol. The van der Waals surface area contributed by atoms with Crippen molar-refractivity contribution in [3.63, 3.8) is 0 Å². The van der Waals surface area contributed by atoms with Crippen molar-refractivity contribution in [3.05, 3.63) is 46.3 Å². The first kappa shape index (κ1) is 21.4. The maximum absolute atomic E-state index is 12.9. The molecule has 29 heavy (non-hydrogen) atoms. The lowest BCUT2D eigenvalue weighted by atomic mass is 9.72. The Bertz CT molecular complexity index is 884. The fraction of sp³-hybridized carbons (Fsp3) is 0.478. The highest BCUT2D eigenvalue weighted by atomic mass is 32.1. The van der Waals surface area contributed by atoms with Crippen LogP contribution in [0.2, 0.25) is 0 Å². The predicted molar refractivity (Wildman–Crippen MR) is 118 cm³/mol. The molecule has 1 aromatic carbocycles. The van der Waals surface area contributed by atoms with Crippen molar-refractivity contribution in [3.8, 4) is 5.75 Å². The van der Waals surface area contributed by atoms with E-state index >= 15 is 0 Å². The van der Waals surface area contributed by atoms with Crippen molar-refractivity contribution in [2.75, 3.05) is 5.32 Å². The van der Waals surface area contributed by atoms with Gasteiger partial charge in [0.25, 0.3) is 11.8 Å². The predicted octanol–water partition coefficient (Wildman–Crippen LogP) is 4.79. The standard InChI is InChI=1S/C23H30N2O3S/c1-5-17(28-15-9-7-6-8-10-15)21(27)25-22-19(20(24)26)16-12-11-14(23(2,3)4)13-18(16)29-22/h6-10,14,17H,5,11-13H2,1-4H3,(H2,24,26)(H,25,27)/t14-,17-/m1/s1. The Morgan fingerprint density at radius 2 is 1.97 bits per heavy atom. The molecule has 2 amide bonds. The van der Waals surface area contributed by atoms with E-state index in [9.17, 15) is 9.59 Å². The molecule has 2 aromatic rings. The van der Waals surface area contributed by atoms with Gasteiger partial charge in [-0.1, -0.05) is 45.9 Å². The molecule has 3 N–H and O–H groups in total. The summed E-state index contributed by atoms with van der Waals surface area (Å²) in [6.45, 7) is 8.65. The number of fused-ring (bicyclic) bond motifs is 1. The molecule has 0 fully saturated rings. The van der Waals surface area contributed by atoms with Gasteiger partial charge in [-0.2, -0.15) is 0 Å². The second kappa shape index (κ2) is 8.57. The Morgan fingerprint density at radius 3 is 2.55 bits per heavy atom. The van der Waals surface area contributed by atoms with Gasteiger partial charge in [0.05, 0.1) is 5.56 Å². The Hall–Kier alpha value is -2.34. The first-order valence-electron chi connectivity index (χ1n) is 10.2. The molecule has 1 aromatic heterocycles. The number of carbonyl (C=O) groups excluding carboxylic acids is 2. The van der Waals surface area contributed by atoms with Crippen LogP contribution >= 0.6 is 11.3 Å². The van der Waals surface area contributed by atoms with Crippen LogP contribution in [0.3, 0.4) is 0 Å². The molecule has 0 saturated heterocycles. The molecule has 0 aliphatic heterocycles. The second-order valence-electron chi connectivity index (χ2n) is 8.69. The molecule has 3 rings (SSSR count). The molecule has 0 spiro atoms. The molecular formula is C23H30N2O3S. The van der Waals surface area contributed by atoms with Gasteiger partial charge in [-0.05, 0) is 54.7 Å². The molecular weight excluding hydrogens is 384 g/mol. The normalized spacial score (nSPS) is 17.3. The van der Waals surface area contributed by atoms with E-state index in [1.54, 1.807) is 0 Å². The summed E-state index contributed by atoms with van der Waals surface area (Å²) in [5.74, 6) is 0.444. The van der Waals surface area contributed by atoms with E-state index < -0.39 is 12.0 Å². The Morgan fingerprint density at radius 1 is 1.28 bits per heavy atom. The molecule has 5 nitrogen and oxygen atoms in total. The topological polar surface area (TPSA) is 81.4 Å². The summed E-state index contributed by atoms with van der Waals surface area (Å²) >= 11 is 1.48. The van der Waals surface area contributed by atoms with E-state index in [2.05, 4.69) is 26.1 Å². The van der Waals surface area contributed by atoms with Crippen LogP contribution in [-0.4, -0.2) is 17.9 Å². The lowest BCUT2D eigenvalue weighted by molar-refractivity contribution is -0.122. The highest BCUT2D eigenvalue weighted by Crippen LogP contribution is 2.44. The number of hydrogen-bond acceptors (Lipinski definition) is 4. The maximum atomic E-state index is 12.9. The van der Waals surface area contributed by atoms with Gasteiger partial charge in [0.15, 0.2) is 6.10 Å². The van der Waals surface area contributed by atoms with Crippen molar-refractivity contribution in [2.24, 2.45) is 17.1 Å². The van der Waals surface area contributed by atoms with Gasteiger partial charge in [-0.15, -0.1) is 11.3 Å². The largest absolute Gasteiger partial charge is 0.481 e. The van der Waals surface area contributed by atoms with Crippen LogP contribution in [0, 0.1) is 11.3 Å². The Kier molecular flexibility index (Phi) is 6.32. The number of hydrogen-bond donors (Lipinski definition) is 2. The number of nitrogens with two attached hydrogens (primary N) is 1. The number of rotatable bonds is 6. The summed E-state index contributed by atoms with van der Waals surface area (Å²) in [4.78, 5) is 26.2. The Balaban J connectivity index is 1.82. The van der Waals surface area contributed by atoms with E-state index in [1.807, 2.05) is 37.3 Å². The number of benzene rings is 1. The molecule has 0 saturated carbocycles. The van der Waals surface area contributed by atoms with Crippen LogP contribution in [-0.2, 0) is 17.6 Å². The highest BCUT2D eigenvalue weighted by molar-refractivity contribution is 7.17. The third kappa shape index (κ3) is 4.81. The third-order valence-corrected chi connectivity index (χ3v) is 6.83. The third-order valence-electron chi connectivity index (χ3n) is 5.66. The van der Waals surface area contributed by atoms with Crippen molar-refractivity contribution >= 4 is 28.2 Å². The summed E-state index contributed by atoms with van der Waals surface area (Å²) in [6.07, 6.45) is 2.63. The minimum absolute atomic E-state index is 0.203. The number of thiophene rings is 1. The van der Waals surface area contributed by atoms with E-state index in [0.29, 0.717) is 28.7 Å². The summed E-state index contributed by atoms with van der Waals surface area (Å²) in [7, 11) is 0. The van der Waals surface area contributed by atoms with Gasteiger partial charge in [-0.25, -0.2) is 0 Å². The van der Waals surface area contributed by atoms with Gasteiger partial charge >= 0.3 is 0 Å². The Labute approximate surface area is 176 Å². The molecule has 2 atom stereocenters. The smallest absolute Gasteiger partial charge is 0.266 e. The van der Waals surface area contributed by atoms with Crippen molar-refractivity contribution in [1.29, 1.82) is 0 Å². The minimum atomic E-state index is -0.639. The molecule has 156 valence electrons. The van der Waals surface area contributed by atoms with Crippen molar-refractivity contribution < 1.29 is 14.3 Å². The summed E-state index contributed by atoms with van der Waals surface area (Å²) in [5.41, 5.74) is 7.38. The van der Waals surface area contributed by atoms with Crippen LogP contribution in [0.5, 0.6) is 5.75 Å². The van der Waals surface area contributed by atoms with Gasteiger partial charge < -0.3 is 15.8 Å². The summed E-state index contributed by atoms with van der Waals surface area (Å²) in [5, 5.41) is 3.48. The zero-order chi connectivity index (χ0) is 21.2. The molecule has 0 bridgehead atoms. The summed E-state index contributed by atoms with van der Waals surface area (Å²) in [6, 6.07) is 9.27. The summed E-state index contributed by atoms with van der Waals surface area (Å²) < 4.78 is 5.84. The van der Waals surface area contributed by atoms with E-state index in [0.717, 1.165) is 29.7 Å². The molecule has 6 heteroatoms. The SMILES string of the molecule is CC[C@@H](Oc1ccccc1)C(=O)Nc1sc2c(c1C(N)=O)CC[C@@H](C(C)(C)C)C2. The first-order chi connectivity index (χ1) is 13.7. The highest BCUT2D eigenvalue weighted by Gasteiger charge is 2.34. The van der Waals surface area contributed by atoms with Crippen molar-refractivity contribution in [1.82, 2.24) is 0 Å². The lowest BCUT2D eigenvalue weighted by Crippen LogP contribution is -2.32. The van der Waals surface area contributed by atoms with Crippen LogP contribution in [0.15, 0.2) is 30.3 Å². The molecule has 1 heterocycles. The van der Waals surface area contributed by atoms with E-state index in [4.69, 9.17) is 10.5 Å². The zero-order valence-corrected chi connectivity index (χ0v) is 18.4. The van der Waals surface area contributed by atoms with Gasteiger partial charge in [0, 0.05) is 4.88 Å². The average molecular weight is 415 g/mol. The number of ether oxygens (including phenoxy) is 1. The van der Waals surface area contributed by atoms with E-state index in [-0.39, 0.29) is 11.3 Å². The van der Waals surface area contributed by atoms with Crippen molar-refractivity contribution in [2.45, 2.75) is 59.5 Å². The van der Waals surface area contributed by atoms with Gasteiger partial charge in [0.2, 0.25) is 0 Å². The first-order valence-corrected chi connectivity index (χ1v) is 11.0. The van der Waals surface area contributed by atoms with Crippen LogP contribution in [0.25, 0.3) is 0 Å². The minimum Gasteiger partial charge on any atom is -0.481 e. The van der Waals surface area contributed by atoms with Gasteiger partial charge in [0.1, 0.15) is 10.8 Å². The fourth-order valence-electron chi connectivity index (χ4n) is 3.85. The lowest BCUT2D eigenvalue weighted by Gasteiger charge is -2.33. The quantitative estimate of drug-likeness (QED) is 0.713. The second-order valence-corrected chi connectivity index (χ2v) is 9.80. The number of carbonyl (C=O) groups is 2.